The molecule has 0 aliphatic carbocycles. The Hall–Kier alpha value is -1.91. The molecule has 19 heavy (non-hydrogen) atoms. The number of carboxylic acids is 1. The quantitative estimate of drug-likeness (QED) is 0.882. The normalized spacial score (nSPS) is 9.68. The molecule has 2 N–H and O–H groups in total. The summed E-state index contributed by atoms with van der Waals surface area (Å²) in [5.41, 5.74) is 2.35. The van der Waals surface area contributed by atoms with Gasteiger partial charge < -0.3 is 10.4 Å². The highest BCUT2D eigenvalue weighted by Gasteiger charge is 2.01. The average molecular weight is 279 g/mol. The van der Waals surface area contributed by atoms with Gasteiger partial charge in [-0.3, -0.25) is 4.98 Å². The molecule has 0 bridgehead atoms. The van der Waals surface area contributed by atoms with Crippen molar-refractivity contribution in [1.82, 2.24) is 10.3 Å². The number of carboxylic acid groups (broad SMARTS) is 1. The van der Waals surface area contributed by atoms with Crippen LogP contribution < -0.4 is 5.32 Å². The van der Waals surface area contributed by atoms with Crippen LogP contribution in [-0.2, 0) is 13.1 Å². The summed E-state index contributed by atoms with van der Waals surface area (Å²) in [6, 6.07) is 12.6. The second-order valence-electron chi connectivity index (χ2n) is 3.93. The number of halogens is 1. The first-order valence-electron chi connectivity index (χ1n) is 5.68. The molecule has 0 amide bonds. The number of nitrogens with zero attached hydrogens (tertiary/aromatic N) is 1. The van der Waals surface area contributed by atoms with Gasteiger partial charge in [0.2, 0.25) is 0 Å². The minimum absolute atomic E-state index is 0. The molecule has 1 heterocycles. The monoisotopic (exact) mass is 278 g/mol. The molecule has 0 saturated heterocycles. The summed E-state index contributed by atoms with van der Waals surface area (Å²) in [4.78, 5) is 14.9. The standard InChI is InChI=1S/C14H14N2O2.ClH/c17-14(18)12-6-4-11(5-7-12)9-15-10-13-3-1-2-8-16-13;/h1-8,15H,9-10H2,(H,17,18);1H. The third-order valence-electron chi connectivity index (χ3n) is 2.56. The van der Waals surface area contributed by atoms with Gasteiger partial charge in [-0.25, -0.2) is 4.79 Å². The molecule has 100 valence electrons. The number of aromatic nitrogens is 1. The molecule has 1 aromatic carbocycles. The van der Waals surface area contributed by atoms with Crippen molar-refractivity contribution in [2.45, 2.75) is 13.1 Å². The smallest absolute Gasteiger partial charge is 0.335 e. The van der Waals surface area contributed by atoms with Crippen molar-refractivity contribution >= 4 is 18.4 Å². The van der Waals surface area contributed by atoms with E-state index in [0.29, 0.717) is 18.7 Å². The molecule has 1 aromatic heterocycles. The minimum atomic E-state index is -0.900. The van der Waals surface area contributed by atoms with Gasteiger partial charge in [-0.05, 0) is 29.8 Å². The van der Waals surface area contributed by atoms with Crippen molar-refractivity contribution in [1.29, 1.82) is 0 Å². The maximum atomic E-state index is 10.7. The first kappa shape index (κ1) is 15.1. The molecular formula is C14H15ClN2O2. The minimum Gasteiger partial charge on any atom is -0.478 e. The lowest BCUT2D eigenvalue weighted by molar-refractivity contribution is 0.0697. The van der Waals surface area contributed by atoms with Crippen molar-refractivity contribution in [3.63, 3.8) is 0 Å². The number of aromatic carboxylic acids is 1. The van der Waals surface area contributed by atoms with Gasteiger partial charge in [0, 0.05) is 19.3 Å². The van der Waals surface area contributed by atoms with Crippen molar-refractivity contribution in [3.05, 3.63) is 65.5 Å². The van der Waals surface area contributed by atoms with Gasteiger partial charge in [-0.1, -0.05) is 18.2 Å². The van der Waals surface area contributed by atoms with Crippen molar-refractivity contribution in [3.8, 4) is 0 Å². The van der Waals surface area contributed by atoms with Gasteiger partial charge in [0.15, 0.2) is 0 Å². The van der Waals surface area contributed by atoms with E-state index < -0.39 is 5.97 Å². The maximum Gasteiger partial charge on any atom is 0.335 e. The summed E-state index contributed by atoms with van der Waals surface area (Å²) < 4.78 is 0. The predicted molar refractivity (Wildman–Crippen MR) is 75.4 cm³/mol. The van der Waals surface area contributed by atoms with Crippen LogP contribution in [0.15, 0.2) is 48.7 Å². The summed E-state index contributed by atoms with van der Waals surface area (Å²) >= 11 is 0. The Labute approximate surface area is 117 Å². The van der Waals surface area contributed by atoms with Gasteiger partial charge in [0.05, 0.1) is 11.3 Å². The van der Waals surface area contributed by atoms with Crippen LogP contribution in [0.25, 0.3) is 0 Å². The van der Waals surface area contributed by atoms with Gasteiger partial charge in [0.25, 0.3) is 0 Å². The molecule has 0 saturated carbocycles. The van der Waals surface area contributed by atoms with Crippen LogP contribution in [0.2, 0.25) is 0 Å². The maximum absolute atomic E-state index is 10.7. The molecule has 2 aromatic rings. The Morgan fingerprint density at radius 2 is 1.84 bits per heavy atom. The zero-order chi connectivity index (χ0) is 12.8. The van der Waals surface area contributed by atoms with Crippen molar-refractivity contribution < 1.29 is 9.90 Å². The number of rotatable bonds is 5. The van der Waals surface area contributed by atoms with E-state index in [9.17, 15) is 4.79 Å². The number of nitrogens with one attached hydrogen (secondary N) is 1. The molecule has 0 unspecified atom stereocenters. The number of carbonyl (C=O) groups is 1. The molecule has 0 aliphatic rings. The lowest BCUT2D eigenvalue weighted by Gasteiger charge is -2.04. The highest BCUT2D eigenvalue weighted by Crippen LogP contribution is 2.04. The Morgan fingerprint density at radius 3 is 2.42 bits per heavy atom. The van der Waals surface area contributed by atoms with Crippen molar-refractivity contribution in [2.24, 2.45) is 0 Å². The van der Waals surface area contributed by atoms with E-state index in [1.807, 2.05) is 30.3 Å². The summed E-state index contributed by atoms with van der Waals surface area (Å²) in [5, 5.41) is 12.0. The first-order chi connectivity index (χ1) is 8.75. The van der Waals surface area contributed by atoms with E-state index in [-0.39, 0.29) is 12.4 Å². The SMILES string of the molecule is Cl.O=C(O)c1ccc(CNCc2ccccn2)cc1. The largest absolute Gasteiger partial charge is 0.478 e. The molecule has 4 nitrogen and oxygen atoms in total. The van der Waals surface area contributed by atoms with Crippen LogP contribution in [0.1, 0.15) is 21.6 Å². The van der Waals surface area contributed by atoms with E-state index in [1.165, 1.54) is 0 Å². The second-order valence-corrected chi connectivity index (χ2v) is 3.93. The Kier molecular flexibility index (Phi) is 5.99. The zero-order valence-electron chi connectivity index (χ0n) is 10.2. The summed E-state index contributed by atoms with van der Waals surface area (Å²) in [6.45, 7) is 1.39. The average Bonchev–Trinajstić information content (AvgIpc) is 2.40. The van der Waals surface area contributed by atoms with Crippen LogP contribution in [0.4, 0.5) is 0 Å². The summed E-state index contributed by atoms with van der Waals surface area (Å²) in [7, 11) is 0. The Balaban J connectivity index is 0.00000180. The van der Waals surface area contributed by atoms with Crippen LogP contribution >= 0.6 is 12.4 Å². The first-order valence-corrected chi connectivity index (χ1v) is 5.68. The van der Waals surface area contributed by atoms with Crippen LogP contribution in [-0.4, -0.2) is 16.1 Å². The molecule has 0 radical (unpaired) electrons. The third kappa shape index (κ3) is 4.69. The number of pyridine rings is 1. The molecule has 0 aliphatic heterocycles. The molecule has 2 rings (SSSR count). The zero-order valence-corrected chi connectivity index (χ0v) is 11.1. The highest BCUT2D eigenvalue weighted by atomic mass is 35.5. The third-order valence-corrected chi connectivity index (χ3v) is 2.56. The van der Waals surface area contributed by atoms with E-state index in [2.05, 4.69) is 10.3 Å². The fourth-order valence-electron chi connectivity index (χ4n) is 1.60. The topological polar surface area (TPSA) is 62.2 Å². The van der Waals surface area contributed by atoms with Gasteiger partial charge >= 0.3 is 5.97 Å². The lowest BCUT2D eigenvalue weighted by atomic mass is 10.1. The van der Waals surface area contributed by atoms with E-state index in [4.69, 9.17) is 5.11 Å². The van der Waals surface area contributed by atoms with Gasteiger partial charge in [0.1, 0.15) is 0 Å². The van der Waals surface area contributed by atoms with E-state index in [0.717, 1.165) is 11.3 Å². The highest BCUT2D eigenvalue weighted by molar-refractivity contribution is 5.87. The Morgan fingerprint density at radius 1 is 1.11 bits per heavy atom. The van der Waals surface area contributed by atoms with Gasteiger partial charge in [-0.15, -0.1) is 12.4 Å². The summed E-state index contributed by atoms with van der Waals surface area (Å²) in [5.74, 6) is -0.900. The molecule has 0 fully saturated rings. The second kappa shape index (κ2) is 7.51. The fourth-order valence-corrected chi connectivity index (χ4v) is 1.60. The number of hydrogen-bond acceptors (Lipinski definition) is 3. The van der Waals surface area contributed by atoms with Crippen molar-refractivity contribution in [2.75, 3.05) is 0 Å². The fraction of sp³-hybridized carbons (Fsp3) is 0.143. The molecule has 5 heteroatoms. The van der Waals surface area contributed by atoms with E-state index >= 15 is 0 Å². The predicted octanol–water partition coefficient (Wildman–Crippen LogP) is 2.49. The van der Waals surface area contributed by atoms with Crippen LogP contribution in [0, 0.1) is 0 Å². The lowest BCUT2D eigenvalue weighted by Crippen LogP contribution is -2.13. The Bertz CT molecular complexity index is 515. The van der Waals surface area contributed by atoms with Gasteiger partial charge in [-0.2, -0.15) is 0 Å². The van der Waals surface area contributed by atoms with E-state index in [1.54, 1.807) is 18.3 Å². The van der Waals surface area contributed by atoms with Crippen LogP contribution in [0.5, 0.6) is 0 Å². The summed E-state index contributed by atoms with van der Waals surface area (Å²) in [6.07, 6.45) is 1.76. The number of benzene rings is 1. The molecular weight excluding hydrogens is 264 g/mol. The van der Waals surface area contributed by atoms with Crippen LogP contribution in [0.3, 0.4) is 0 Å². The molecule has 0 atom stereocenters. The molecule has 0 spiro atoms. The number of hydrogen-bond donors (Lipinski definition) is 2.